The van der Waals surface area contributed by atoms with Gasteiger partial charge in [-0.15, -0.1) is 0 Å². The molecule has 0 bridgehead atoms. The lowest BCUT2D eigenvalue weighted by Gasteiger charge is -2.14. The van der Waals surface area contributed by atoms with Crippen molar-refractivity contribution in [2.24, 2.45) is 0 Å². The number of halogens is 4. The predicted octanol–water partition coefficient (Wildman–Crippen LogP) is 3.74. The molecule has 0 saturated heterocycles. The third-order valence-corrected chi connectivity index (χ3v) is 3.61. The zero-order valence-corrected chi connectivity index (χ0v) is 12.6. The highest BCUT2D eigenvalue weighted by atomic mass is 35.5. The normalized spacial score (nSPS) is 12.0. The van der Waals surface area contributed by atoms with Crippen molar-refractivity contribution in [2.75, 3.05) is 6.54 Å². The van der Waals surface area contributed by atoms with E-state index < -0.39 is 35.8 Å². The molecule has 0 saturated carbocycles. The number of benzene rings is 2. The maximum Gasteiger partial charge on any atom is 0.254 e. The fourth-order valence-electron chi connectivity index (χ4n) is 1.92. The Labute approximate surface area is 135 Å². The van der Waals surface area contributed by atoms with Crippen LogP contribution in [0.2, 0.25) is 10.0 Å². The molecule has 1 atom stereocenters. The van der Waals surface area contributed by atoms with Gasteiger partial charge in [-0.25, -0.2) is 8.78 Å². The van der Waals surface area contributed by atoms with E-state index in [4.69, 9.17) is 23.2 Å². The van der Waals surface area contributed by atoms with Crippen molar-refractivity contribution in [3.8, 4) is 0 Å². The maximum absolute atomic E-state index is 13.5. The summed E-state index contributed by atoms with van der Waals surface area (Å²) in [5.41, 5.74) is -0.472. The van der Waals surface area contributed by atoms with Crippen molar-refractivity contribution < 1.29 is 18.7 Å². The van der Waals surface area contributed by atoms with E-state index in [0.717, 1.165) is 12.1 Å². The molecule has 3 nitrogen and oxygen atoms in total. The van der Waals surface area contributed by atoms with Gasteiger partial charge in [0.15, 0.2) is 0 Å². The summed E-state index contributed by atoms with van der Waals surface area (Å²) >= 11 is 11.8. The fourth-order valence-corrected chi connectivity index (χ4v) is 2.49. The molecule has 2 rings (SSSR count). The predicted molar refractivity (Wildman–Crippen MR) is 80.1 cm³/mol. The van der Waals surface area contributed by atoms with Crippen LogP contribution >= 0.6 is 23.2 Å². The number of hydrogen-bond donors (Lipinski definition) is 2. The summed E-state index contributed by atoms with van der Waals surface area (Å²) in [6.45, 7) is -0.391. The molecule has 22 heavy (non-hydrogen) atoms. The van der Waals surface area contributed by atoms with Crippen molar-refractivity contribution in [2.45, 2.75) is 6.10 Å². The molecular weight excluding hydrogens is 335 g/mol. The molecule has 7 heteroatoms. The second-order valence-corrected chi connectivity index (χ2v) is 5.27. The van der Waals surface area contributed by atoms with Crippen molar-refractivity contribution in [3.05, 3.63) is 69.2 Å². The van der Waals surface area contributed by atoms with Gasteiger partial charge in [0.05, 0.1) is 21.2 Å². The summed E-state index contributed by atoms with van der Waals surface area (Å²) in [5.74, 6) is -2.43. The average molecular weight is 346 g/mol. The van der Waals surface area contributed by atoms with Crippen LogP contribution in [-0.2, 0) is 0 Å². The Morgan fingerprint density at radius 1 is 1.09 bits per heavy atom. The Hall–Kier alpha value is -1.69. The van der Waals surface area contributed by atoms with Gasteiger partial charge in [-0.3, -0.25) is 4.79 Å². The van der Waals surface area contributed by atoms with Crippen LogP contribution in [0, 0.1) is 11.6 Å². The van der Waals surface area contributed by atoms with Gasteiger partial charge in [0, 0.05) is 6.54 Å². The van der Waals surface area contributed by atoms with E-state index in [1.54, 1.807) is 6.07 Å². The van der Waals surface area contributed by atoms with Crippen LogP contribution in [0.5, 0.6) is 0 Å². The van der Waals surface area contributed by atoms with Crippen molar-refractivity contribution in [3.63, 3.8) is 0 Å². The van der Waals surface area contributed by atoms with Gasteiger partial charge in [-0.05, 0) is 24.3 Å². The summed E-state index contributed by atoms with van der Waals surface area (Å²) in [6, 6.07) is 7.77. The van der Waals surface area contributed by atoms with E-state index >= 15 is 0 Å². The second kappa shape index (κ2) is 7.05. The second-order valence-electron chi connectivity index (χ2n) is 4.46. The molecule has 0 spiro atoms. The molecule has 0 heterocycles. The molecule has 2 N–H and O–H groups in total. The number of nitrogens with one attached hydrogen (secondary N) is 1. The summed E-state index contributed by atoms with van der Waals surface area (Å²) < 4.78 is 27.0. The minimum absolute atomic E-state index is 0.0343. The number of aliphatic hydroxyl groups is 1. The Morgan fingerprint density at radius 2 is 1.59 bits per heavy atom. The van der Waals surface area contributed by atoms with Gasteiger partial charge in [0.25, 0.3) is 5.91 Å². The molecule has 0 fully saturated rings. The quantitative estimate of drug-likeness (QED) is 0.886. The van der Waals surface area contributed by atoms with Crippen molar-refractivity contribution in [1.29, 1.82) is 0 Å². The summed E-state index contributed by atoms with van der Waals surface area (Å²) in [4.78, 5) is 12.0. The number of amides is 1. The zero-order chi connectivity index (χ0) is 16.3. The standard InChI is InChI=1S/C15H11Cl2F2NO2/c16-8-3-1-4-9(17)13(8)15(22)20-7-12(21)14-10(18)5-2-6-11(14)19/h1-6,12,21H,7H2,(H,20,22). The molecule has 0 aliphatic heterocycles. The van der Waals surface area contributed by atoms with E-state index in [9.17, 15) is 18.7 Å². The van der Waals surface area contributed by atoms with E-state index in [-0.39, 0.29) is 15.6 Å². The molecule has 0 aliphatic carbocycles. The lowest BCUT2D eigenvalue weighted by Crippen LogP contribution is -2.29. The molecule has 2 aromatic rings. The Bertz CT molecular complexity index is 669. The maximum atomic E-state index is 13.5. The van der Waals surface area contributed by atoms with Gasteiger partial charge < -0.3 is 10.4 Å². The molecule has 0 aromatic heterocycles. The first kappa shape index (κ1) is 16.7. The first-order valence-electron chi connectivity index (χ1n) is 6.26. The van der Waals surface area contributed by atoms with Crippen LogP contribution in [-0.4, -0.2) is 17.6 Å². The zero-order valence-electron chi connectivity index (χ0n) is 11.1. The van der Waals surface area contributed by atoms with Crippen LogP contribution < -0.4 is 5.32 Å². The molecule has 1 unspecified atom stereocenters. The van der Waals surface area contributed by atoms with Crippen LogP contribution in [0.4, 0.5) is 8.78 Å². The number of aliphatic hydroxyl groups excluding tert-OH is 1. The van der Waals surface area contributed by atoms with E-state index in [2.05, 4.69) is 5.32 Å². The monoisotopic (exact) mass is 345 g/mol. The number of carbonyl (C=O) groups excluding carboxylic acids is 1. The first-order chi connectivity index (χ1) is 10.4. The number of carbonyl (C=O) groups is 1. The summed E-state index contributed by atoms with van der Waals surface area (Å²) in [7, 11) is 0. The largest absolute Gasteiger partial charge is 0.386 e. The van der Waals surface area contributed by atoms with E-state index in [0.29, 0.717) is 0 Å². The molecular formula is C15H11Cl2F2NO2. The Kier molecular flexibility index (Phi) is 5.34. The van der Waals surface area contributed by atoms with E-state index in [1.807, 2.05) is 0 Å². The molecule has 2 aromatic carbocycles. The van der Waals surface area contributed by atoms with Gasteiger partial charge in [0.1, 0.15) is 17.7 Å². The lowest BCUT2D eigenvalue weighted by molar-refractivity contribution is 0.0911. The van der Waals surface area contributed by atoms with Crippen LogP contribution in [0.1, 0.15) is 22.0 Å². The van der Waals surface area contributed by atoms with Gasteiger partial charge in [-0.2, -0.15) is 0 Å². The van der Waals surface area contributed by atoms with Gasteiger partial charge in [-0.1, -0.05) is 35.3 Å². The van der Waals surface area contributed by atoms with Crippen LogP contribution in [0.25, 0.3) is 0 Å². The number of rotatable bonds is 4. The molecule has 0 radical (unpaired) electrons. The highest BCUT2D eigenvalue weighted by molar-refractivity contribution is 6.39. The van der Waals surface area contributed by atoms with Crippen molar-refractivity contribution in [1.82, 2.24) is 5.32 Å². The molecule has 0 aliphatic rings. The third kappa shape index (κ3) is 3.55. The Balaban J connectivity index is 2.11. The SMILES string of the molecule is O=C(NCC(O)c1c(F)cccc1F)c1c(Cl)cccc1Cl. The first-order valence-corrected chi connectivity index (χ1v) is 7.01. The average Bonchev–Trinajstić information content (AvgIpc) is 2.44. The van der Waals surface area contributed by atoms with Gasteiger partial charge >= 0.3 is 0 Å². The van der Waals surface area contributed by atoms with Crippen molar-refractivity contribution >= 4 is 29.1 Å². The molecule has 116 valence electrons. The highest BCUT2D eigenvalue weighted by Crippen LogP contribution is 2.24. The minimum Gasteiger partial charge on any atom is -0.386 e. The molecule has 1 amide bonds. The number of hydrogen-bond acceptors (Lipinski definition) is 2. The highest BCUT2D eigenvalue weighted by Gasteiger charge is 2.20. The smallest absolute Gasteiger partial charge is 0.254 e. The third-order valence-electron chi connectivity index (χ3n) is 2.98. The lowest BCUT2D eigenvalue weighted by atomic mass is 10.1. The minimum atomic E-state index is -1.54. The van der Waals surface area contributed by atoms with E-state index in [1.165, 1.54) is 18.2 Å². The van der Waals surface area contributed by atoms with Gasteiger partial charge in [0.2, 0.25) is 0 Å². The van der Waals surface area contributed by atoms with Crippen LogP contribution in [0.15, 0.2) is 36.4 Å². The topological polar surface area (TPSA) is 49.3 Å². The van der Waals surface area contributed by atoms with Crippen LogP contribution in [0.3, 0.4) is 0 Å². The summed E-state index contributed by atoms with van der Waals surface area (Å²) in [6.07, 6.45) is -1.54. The fraction of sp³-hybridized carbons (Fsp3) is 0.133. The summed E-state index contributed by atoms with van der Waals surface area (Å²) in [5, 5.41) is 12.5. The Morgan fingerprint density at radius 3 is 2.14 bits per heavy atom.